The highest BCUT2D eigenvalue weighted by Crippen LogP contribution is 2.69. The van der Waals surface area contributed by atoms with Crippen LogP contribution in [0, 0.1) is 0 Å². The molecule has 12 nitrogen and oxygen atoms in total. The Bertz CT molecular complexity index is 2020. The molecule has 8 aliphatic rings. The molecule has 11 rings (SSSR count). The maximum absolute atomic E-state index is 14.5. The van der Waals surface area contributed by atoms with Gasteiger partial charge in [0.15, 0.2) is 9.74 Å². The van der Waals surface area contributed by atoms with E-state index < -0.39 is 44.4 Å². The van der Waals surface area contributed by atoms with E-state index in [-0.39, 0.29) is 36.5 Å². The van der Waals surface area contributed by atoms with Crippen LogP contribution < -0.4 is 5.32 Å². The van der Waals surface area contributed by atoms with Crippen LogP contribution in [0.3, 0.4) is 0 Å². The van der Waals surface area contributed by atoms with Crippen molar-refractivity contribution in [1.29, 1.82) is 0 Å². The van der Waals surface area contributed by atoms with Crippen LogP contribution in [0.5, 0.6) is 0 Å². The minimum atomic E-state index is -1.43. The van der Waals surface area contributed by atoms with E-state index in [0.29, 0.717) is 0 Å². The van der Waals surface area contributed by atoms with E-state index >= 15 is 0 Å². The third kappa shape index (κ3) is 3.64. The quantitative estimate of drug-likeness (QED) is 0.328. The van der Waals surface area contributed by atoms with Crippen molar-refractivity contribution in [2.75, 3.05) is 39.7 Å². The molecule has 3 N–H and O–H groups in total. The van der Waals surface area contributed by atoms with Gasteiger partial charge in [-0.15, -0.1) is 0 Å². The van der Waals surface area contributed by atoms with Gasteiger partial charge in [0, 0.05) is 62.3 Å². The lowest BCUT2D eigenvalue weighted by molar-refractivity contribution is -0.166. The largest absolute Gasteiger partial charge is 0.392 e. The highest BCUT2D eigenvalue weighted by Gasteiger charge is 2.78. The van der Waals surface area contributed by atoms with Crippen molar-refractivity contribution in [1.82, 2.24) is 24.2 Å². The number of amides is 4. The Hall–Kier alpha value is -2.32. The first kappa shape index (κ1) is 32.6. The summed E-state index contributed by atoms with van der Waals surface area (Å²) in [6.45, 7) is -1.02. The van der Waals surface area contributed by atoms with E-state index in [9.17, 15) is 29.4 Å². The molecule has 9 heterocycles. The van der Waals surface area contributed by atoms with Gasteiger partial charge >= 0.3 is 0 Å². The molecule has 18 heteroatoms. The Labute approximate surface area is 304 Å². The number of fused-ring (bicyclic) bond motifs is 11. The van der Waals surface area contributed by atoms with Crippen molar-refractivity contribution in [3.8, 4) is 0 Å². The number of hydrogen-bond acceptors (Lipinski definition) is 13. The second-order valence-electron chi connectivity index (χ2n) is 13.1. The fourth-order valence-electron chi connectivity index (χ4n) is 8.49. The van der Waals surface area contributed by atoms with Crippen LogP contribution in [-0.2, 0) is 31.1 Å². The van der Waals surface area contributed by atoms with Crippen molar-refractivity contribution in [2.45, 2.75) is 44.0 Å². The Morgan fingerprint density at radius 1 is 0.755 bits per heavy atom. The van der Waals surface area contributed by atoms with Crippen LogP contribution in [0.2, 0.25) is 0 Å². The molecule has 4 bridgehead atoms. The van der Waals surface area contributed by atoms with E-state index in [1.165, 1.54) is 77.5 Å². The van der Waals surface area contributed by atoms with Gasteiger partial charge in [0.25, 0.3) is 23.6 Å². The van der Waals surface area contributed by atoms with Crippen LogP contribution in [0.1, 0.15) is 17.5 Å². The molecule has 4 amide bonds. The number of likely N-dealkylation sites (N-methyl/N-ethyl adjacent to an activating group) is 3. The molecule has 1 aromatic heterocycles. The summed E-state index contributed by atoms with van der Waals surface area (Å²) < 4.78 is 2.16. The fourth-order valence-corrected chi connectivity index (χ4v) is 19.8. The standard InChI is InChI=1S/C31H30N6O6S6/c1-33-25(42)30(15-38)34(2)23(40)28(33,46-48-49-47-30)12-17-13-36(21-11-7-4-8-18(17)21)27-14-29-24(41)35(3)31(16-39,45-44-29)26(43)37(29)22(27)32-20-10-6-5-9-19(20)27/h4-11,13,22,32,38-39H,12,14-16H2,1-3H3/t22-,27?,28+,29+,30+,31+/m1/s1. The number of anilines is 1. The van der Waals surface area contributed by atoms with Gasteiger partial charge in [0.2, 0.25) is 9.74 Å². The van der Waals surface area contributed by atoms with Crippen molar-refractivity contribution >= 4 is 103 Å². The van der Waals surface area contributed by atoms with Crippen LogP contribution in [-0.4, -0.2) is 118 Å². The number of rotatable bonds is 5. The molecule has 1 spiro atoms. The Morgan fingerprint density at radius 2 is 1.37 bits per heavy atom. The molecule has 0 aliphatic carbocycles. The lowest BCUT2D eigenvalue weighted by Crippen LogP contribution is -2.77. The van der Waals surface area contributed by atoms with Gasteiger partial charge in [-0.3, -0.25) is 24.1 Å². The number of aromatic nitrogens is 1. The van der Waals surface area contributed by atoms with Crippen molar-refractivity contribution in [2.24, 2.45) is 0 Å². The third-order valence-corrected chi connectivity index (χ3v) is 22.2. The van der Waals surface area contributed by atoms with Crippen LogP contribution >= 0.6 is 62.8 Å². The number of benzene rings is 2. The van der Waals surface area contributed by atoms with Gasteiger partial charge in [0.05, 0.1) is 13.2 Å². The topological polar surface area (TPSA) is 139 Å². The number of aliphatic hydroxyl groups excluding tert-OH is 2. The van der Waals surface area contributed by atoms with Gasteiger partial charge in [-0.1, -0.05) is 47.2 Å². The minimum Gasteiger partial charge on any atom is -0.392 e. The maximum Gasteiger partial charge on any atom is 0.265 e. The number of hydrogen-bond donors (Lipinski definition) is 3. The van der Waals surface area contributed by atoms with E-state index in [0.717, 1.165) is 27.7 Å². The van der Waals surface area contributed by atoms with Crippen LogP contribution in [0.15, 0.2) is 54.7 Å². The molecular weight excluding hydrogens is 745 g/mol. The van der Waals surface area contributed by atoms with Crippen LogP contribution in [0.4, 0.5) is 5.69 Å². The first-order valence-electron chi connectivity index (χ1n) is 15.4. The zero-order valence-electron chi connectivity index (χ0n) is 26.3. The average molecular weight is 775 g/mol. The number of aliphatic hydroxyl groups is 2. The summed E-state index contributed by atoms with van der Waals surface area (Å²) in [6, 6.07) is 15.8. The molecule has 0 saturated carbocycles. The highest BCUT2D eigenvalue weighted by molar-refractivity contribution is 9.26. The first-order chi connectivity index (χ1) is 23.5. The summed E-state index contributed by atoms with van der Waals surface area (Å²) in [7, 11) is 12.7. The van der Waals surface area contributed by atoms with E-state index in [1.54, 1.807) is 26.0 Å². The molecule has 3 aromatic rings. The Balaban J connectivity index is 1.25. The summed E-state index contributed by atoms with van der Waals surface area (Å²) in [6.07, 6.45) is 1.82. The molecule has 7 fully saturated rings. The summed E-state index contributed by atoms with van der Waals surface area (Å²) in [5.41, 5.74) is 2.52. The highest BCUT2D eigenvalue weighted by atomic mass is 33.7. The predicted octanol–water partition coefficient (Wildman–Crippen LogP) is 3.17. The Kier molecular flexibility index (Phi) is 7.06. The van der Waals surface area contributed by atoms with Gasteiger partial charge in [-0.25, -0.2) is 0 Å². The predicted molar refractivity (Wildman–Crippen MR) is 197 cm³/mol. The number of para-hydroxylation sites is 2. The van der Waals surface area contributed by atoms with Gasteiger partial charge in [0.1, 0.15) is 11.7 Å². The van der Waals surface area contributed by atoms with Crippen molar-refractivity contribution in [3.05, 3.63) is 65.9 Å². The molecule has 7 saturated heterocycles. The van der Waals surface area contributed by atoms with Crippen molar-refractivity contribution < 1.29 is 29.4 Å². The first-order valence-corrected chi connectivity index (χ1v) is 22.4. The zero-order chi connectivity index (χ0) is 34.3. The number of nitrogens with one attached hydrogen (secondary N) is 1. The Morgan fingerprint density at radius 3 is 2.12 bits per heavy atom. The monoisotopic (exact) mass is 774 g/mol. The number of carbonyl (C=O) groups excluding carboxylic acids is 4. The molecule has 0 radical (unpaired) electrons. The van der Waals surface area contributed by atoms with E-state index in [1.807, 2.05) is 54.7 Å². The average Bonchev–Trinajstić information content (AvgIpc) is 3.74. The molecule has 49 heavy (non-hydrogen) atoms. The number of nitrogens with zero attached hydrogens (tertiary/aromatic N) is 5. The van der Waals surface area contributed by atoms with E-state index in [2.05, 4.69) is 9.88 Å². The van der Waals surface area contributed by atoms with Crippen LogP contribution in [0.25, 0.3) is 10.9 Å². The van der Waals surface area contributed by atoms with Gasteiger partial charge < -0.3 is 34.8 Å². The summed E-state index contributed by atoms with van der Waals surface area (Å²) >= 11 is 0. The SMILES string of the molecule is CN1C(=O)[C@]2(Cc3cn(C45C[C@@]67SS[C@@](CO)(C(=O)N6[C@H]4Nc4ccccc45)N(C)C7=O)c4ccccc34)SSSS[C@@]1(CO)C(=O)N2C. The summed E-state index contributed by atoms with van der Waals surface area (Å²) in [4.78, 5) is 57.8. The normalized spacial score (nSPS) is 36.3. The molecule has 1 unspecified atom stereocenters. The molecule has 2 aromatic carbocycles. The minimum absolute atomic E-state index is 0.180. The lowest BCUT2D eigenvalue weighted by Gasteiger charge is -2.57. The molecule has 6 atom stereocenters. The number of piperazine rings is 2. The number of carbonyl (C=O) groups is 4. The summed E-state index contributed by atoms with van der Waals surface area (Å²) in [5, 5.41) is 25.5. The van der Waals surface area contributed by atoms with Crippen molar-refractivity contribution in [3.63, 3.8) is 0 Å². The molecular formula is C31H30N6O6S6. The second-order valence-corrected chi connectivity index (χ2v) is 22.0. The van der Waals surface area contributed by atoms with E-state index in [4.69, 9.17) is 0 Å². The zero-order valence-corrected chi connectivity index (χ0v) is 31.2. The third-order valence-electron chi connectivity index (χ3n) is 11.2. The maximum atomic E-state index is 14.5. The molecule has 8 aliphatic heterocycles. The summed E-state index contributed by atoms with van der Waals surface area (Å²) in [5.74, 6) is -1.15. The fraction of sp³-hybridized carbons (Fsp3) is 0.419. The molecule has 256 valence electrons. The van der Waals surface area contributed by atoms with Gasteiger partial charge in [-0.2, -0.15) is 0 Å². The smallest absolute Gasteiger partial charge is 0.265 e. The lowest BCUT2D eigenvalue weighted by atomic mass is 9.86. The second kappa shape index (κ2) is 10.6. The van der Waals surface area contributed by atoms with Gasteiger partial charge in [-0.05, 0) is 69.7 Å².